The molecule has 0 radical (unpaired) electrons. The van der Waals surface area contributed by atoms with Crippen molar-refractivity contribution < 1.29 is 18.3 Å². The highest BCUT2D eigenvalue weighted by atomic mass is 79.9. The number of amides is 1. The van der Waals surface area contributed by atoms with Crippen LogP contribution in [0.5, 0.6) is 5.75 Å². The van der Waals surface area contributed by atoms with Crippen LogP contribution in [0.15, 0.2) is 34.8 Å². The molecule has 0 aliphatic carbocycles. The number of nitrogens with zero attached hydrogens (tertiary/aromatic N) is 2. The molecule has 1 aromatic heterocycles. The van der Waals surface area contributed by atoms with Crippen LogP contribution in [0.1, 0.15) is 27.3 Å². The maximum absolute atomic E-state index is 12.4. The van der Waals surface area contributed by atoms with E-state index >= 15 is 0 Å². The molecule has 5 nitrogen and oxygen atoms in total. The van der Waals surface area contributed by atoms with Gasteiger partial charge in [0, 0.05) is 16.6 Å². The van der Waals surface area contributed by atoms with E-state index in [9.17, 15) is 13.6 Å². The first-order valence-electron chi connectivity index (χ1n) is 6.80. The highest BCUT2D eigenvalue weighted by Crippen LogP contribution is 2.24. The van der Waals surface area contributed by atoms with Crippen molar-refractivity contribution in [3.05, 3.63) is 57.3 Å². The molecule has 24 heavy (non-hydrogen) atoms. The van der Waals surface area contributed by atoms with E-state index in [0.29, 0.717) is 21.3 Å². The number of benzene rings is 1. The molecule has 0 saturated heterocycles. The number of ether oxygens (including phenoxy) is 1. The zero-order chi connectivity index (χ0) is 17.7. The van der Waals surface area contributed by atoms with Crippen LogP contribution in [0, 0.1) is 18.3 Å². The van der Waals surface area contributed by atoms with Gasteiger partial charge in [-0.3, -0.25) is 4.79 Å². The van der Waals surface area contributed by atoms with Gasteiger partial charge in [0.2, 0.25) is 0 Å². The Hall–Kier alpha value is -2.53. The Morgan fingerprint density at radius 2 is 2.17 bits per heavy atom. The monoisotopic (exact) mass is 395 g/mol. The summed E-state index contributed by atoms with van der Waals surface area (Å²) in [6.45, 7) is -1.34. The molecule has 0 saturated carbocycles. The van der Waals surface area contributed by atoms with Crippen molar-refractivity contribution in [2.75, 3.05) is 0 Å². The van der Waals surface area contributed by atoms with Crippen LogP contribution in [-0.4, -0.2) is 17.5 Å². The van der Waals surface area contributed by atoms with Gasteiger partial charge in [0.05, 0.1) is 11.3 Å². The molecule has 1 heterocycles. The summed E-state index contributed by atoms with van der Waals surface area (Å²) < 4.78 is 29.9. The lowest BCUT2D eigenvalue weighted by Crippen LogP contribution is -2.24. The van der Waals surface area contributed by atoms with Crippen molar-refractivity contribution in [2.24, 2.45) is 0 Å². The summed E-state index contributed by atoms with van der Waals surface area (Å²) in [6, 6.07) is 9.43. The SMILES string of the molecule is Cc1nc(C(=O)NCc2cc(Br)ccc2OC(F)F)ccc1C#N. The van der Waals surface area contributed by atoms with Gasteiger partial charge in [-0.25, -0.2) is 4.98 Å². The third kappa shape index (κ3) is 4.49. The largest absolute Gasteiger partial charge is 0.434 e. The molecule has 0 aliphatic heterocycles. The van der Waals surface area contributed by atoms with E-state index in [0.717, 1.165) is 0 Å². The molecule has 0 unspecified atom stereocenters. The first kappa shape index (κ1) is 17.8. The quantitative estimate of drug-likeness (QED) is 0.839. The van der Waals surface area contributed by atoms with E-state index < -0.39 is 12.5 Å². The smallest absolute Gasteiger partial charge is 0.387 e. The third-order valence-corrected chi connectivity index (χ3v) is 3.61. The molecule has 1 aromatic carbocycles. The topological polar surface area (TPSA) is 75.0 Å². The number of aryl methyl sites for hydroxylation is 1. The van der Waals surface area contributed by atoms with Gasteiger partial charge in [-0.2, -0.15) is 14.0 Å². The normalized spacial score (nSPS) is 10.3. The van der Waals surface area contributed by atoms with E-state index in [2.05, 4.69) is 31.0 Å². The lowest BCUT2D eigenvalue weighted by Gasteiger charge is -2.12. The van der Waals surface area contributed by atoms with Crippen LogP contribution >= 0.6 is 15.9 Å². The minimum Gasteiger partial charge on any atom is -0.434 e. The lowest BCUT2D eigenvalue weighted by molar-refractivity contribution is -0.0504. The summed E-state index contributed by atoms with van der Waals surface area (Å²) in [5.74, 6) is -0.497. The molecule has 8 heteroatoms. The number of hydrogen-bond acceptors (Lipinski definition) is 4. The first-order chi connectivity index (χ1) is 11.4. The molecule has 0 bridgehead atoms. The maximum Gasteiger partial charge on any atom is 0.387 e. The highest BCUT2D eigenvalue weighted by Gasteiger charge is 2.13. The fourth-order valence-electron chi connectivity index (χ4n) is 1.97. The molecule has 124 valence electrons. The summed E-state index contributed by atoms with van der Waals surface area (Å²) in [5, 5.41) is 11.4. The summed E-state index contributed by atoms with van der Waals surface area (Å²) in [4.78, 5) is 16.2. The van der Waals surface area contributed by atoms with E-state index in [1.54, 1.807) is 19.1 Å². The minimum atomic E-state index is -2.96. The number of alkyl halides is 2. The van der Waals surface area contributed by atoms with Crippen molar-refractivity contribution in [1.29, 1.82) is 5.26 Å². The van der Waals surface area contributed by atoms with Gasteiger partial charge >= 0.3 is 6.61 Å². The third-order valence-electron chi connectivity index (χ3n) is 3.12. The number of rotatable bonds is 5. The summed E-state index contributed by atoms with van der Waals surface area (Å²) in [5.41, 5.74) is 1.35. The molecule has 2 rings (SSSR count). The van der Waals surface area contributed by atoms with Gasteiger partial charge in [-0.05, 0) is 37.3 Å². The molecule has 2 aromatic rings. The van der Waals surface area contributed by atoms with E-state index in [1.807, 2.05) is 6.07 Å². The van der Waals surface area contributed by atoms with Crippen molar-refractivity contribution in [3.63, 3.8) is 0 Å². The molecular weight excluding hydrogens is 384 g/mol. The van der Waals surface area contributed by atoms with Crippen LogP contribution in [0.4, 0.5) is 8.78 Å². The summed E-state index contributed by atoms with van der Waals surface area (Å²) >= 11 is 3.24. The van der Waals surface area contributed by atoms with E-state index in [-0.39, 0.29) is 18.0 Å². The average Bonchev–Trinajstić information content (AvgIpc) is 2.54. The van der Waals surface area contributed by atoms with Crippen LogP contribution < -0.4 is 10.1 Å². The molecule has 0 spiro atoms. The van der Waals surface area contributed by atoms with Gasteiger partial charge in [0.1, 0.15) is 17.5 Å². The summed E-state index contributed by atoms with van der Waals surface area (Å²) in [7, 11) is 0. The van der Waals surface area contributed by atoms with Crippen molar-refractivity contribution >= 4 is 21.8 Å². The summed E-state index contributed by atoms with van der Waals surface area (Å²) in [6.07, 6.45) is 0. The Kier molecular flexibility index (Phi) is 5.82. The van der Waals surface area contributed by atoms with Crippen LogP contribution in [0.25, 0.3) is 0 Å². The first-order valence-corrected chi connectivity index (χ1v) is 7.59. The molecule has 0 fully saturated rings. The molecule has 0 atom stereocenters. The Bertz CT molecular complexity index is 806. The van der Waals surface area contributed by atoms with Gasteiger partial charge in [0.15, 0.2) is 0 Å². The van der Waals surface area contributed by atoms with Gasteiger partial charge in [0.25, 0.3) is 5.91 Å². The highest BCUT2D eigenvalue weighted by molar-refractivity contribution is 9.10. The zero-order valence-corrected chi connectivity index (χ0v) is 14.1. The number of carbonyl (C=O) groups is 1. The number of halogens is 3. The molecule has 1 N–H and O–H groups in total. The number of aromatic nitrogens is 1. The van der Waals surface area contributed by atoms with Crippen LogP contribution in [0.2, 0.25) is 0 Å². The van der Waals surface area contributed by atoms with E-state index in [1.165, 1.54) is 18.2 Å². The lowest BCUT2D eigenvalue weighted by atomic mass is 10.2. The number of pyridine rings is 1. The predicted octanol–water partition coefficient (Wildman–Crippen LogP) is 3.56. The fourth-order valence-corrected chi connectivity index (χ4v) is 2.38. The number of hydrogen-bond donors (Lipinski definition) is 1. The minimum absolute atomic E-state index is 0.0128. The van der Waals surface area contributed by atoms with Gasteiger partial charge in [-0.1, -0.05) is 15.9 Å². The van der Waals surface area contributed by atoms with Gasteiger partial charge in [-0.15, -0.1) is 0 Å². The fraction of sp³-hybridized carbons (Fsp3) is 0.188. The Morgan fingerprint density at radius 3 is 2.79 bits per heavy atom. The predicted molar refractivity (Wildman–Crippen MR) is 85.6 cm³/mol. The number of nitriles is 1. The van der Waals surface area contributed by atoms with Crippen LogP contribution in [-0.2, 0) is 6.54 Å². The zero-order valence-electron chi connectivity index (χ0n) is 12.5. The Labute approximate surface area is 145 Å². The van der Waals surface area contributed by atoms with Crippen LogP contribution in [0.3, 0.4) is 0 Å². The number of nitrogens with one attached hydrogen (secondary N) is 1. The number of carbonyl (C=O) groups excluding carboxylic acids is 1. The second-order valence-electron chi connectivity index (χ2n) is 4.75. The Morgan fingerprint density at radius 1 is 1.42 bits per heavy atom. The van der Waals surface area contributed by atoms with Crippen molar-refractivity contribution in [2.45, 2.75) is 20.1 Å². The molecule has 1 amide bonds. The van der Waals surface area contributed by atoms with E-state index in [4.69, 9.17) is 5.26 Å². The molecular formula is C16H12BrF2N3O2. The standard InChI is InChI=1S/C16H12BrF2N3O2/c1-9-10(7-20)2-4-13(22-9)15(23)21-8-11-6-12(17)3-5-14(11)24-16(18)19/h2-6,16H,8H2,1H3,(H,21,23). The second kappa shape index (κ2) is 7.84. The van der Waals surface area contributed by atoms with Crippen molar-refractivity contribution in [1.82, 2.24) is 10.3 Å². The molecule has 0 aliphatic rings. The Balaban J connectivity index is 2.13. The van der Waals surface area contributed by atoms with Gasteiger partial charge < -0.3 is 10.1 Å². The van der Waals surface area contributed by atoms with Crippen molar-refractivity contribution in [3.8, 4) is 11.8 Å². The maximum atomic E-state index is 12.4. The average molecular weight is 396 g/mol. The second-order valence-corrected chi connectivity index (χ2v) is 5.67.